The second-order valence-corrected chi connectivity index (χ2v) is 5.45. The minimum absolute atomic E-state index is 0.702. The van der Waals surface area contributed by atoms with E-state index in [2.05, 4.69) is 42.5 Å². The minimum atomic E-state index is 0.702. The fourth-order valence-corrected chi connectivity index (χ4v) is 2.17. The number of rotatable bonds is 9. The molecule has 23 heavy (non-hydrogen) atoms. The summed E-state index contributed by atoms with van der Waals surface area (Å²) in [6.07, 6.45) is 7.73. The maximum atomic E-state index is 5.71. The molecule has 0 aliphatic carbocycles. The highest BCUT2D eigenvalue weighted by molar-refractivity contribution is 5.26. The Morgan fingerprint density at radius 1 is 1.04 bits per heavy atom. The molecule has 2 rings (SSSR count). The van der Waals surface area contributed by atoms with E-state index >= 15 is 0 Å². The minimum Gasteiger partial charge on any atom is -0.494 e. The second-order valence-electron chi connectivity index (χ2n) is 5.45. The van der Waals surface area contributed by atoms with Crippen LogP contribution in [-0.2, 0) is 13.0 Å². The lowest BCUT2D eigenvalue weighted by atomic mass is 10.2. The summed E-state index contributed by atoms with van der Waals surface area (Å²) < 4.78 is 7.62. The third-order valence-electron chi connectivity index (χ3n) is 3.44. The maximum absolute atomic E-state index is 5.71. The first kappa shape index (κ1) is 19.2. The van der Waals surface area contributed by atoms with Gasteiger partial charge in [-0.25, -0.2) is 0 Å². The molecule has 0 aliphatic rings. The van der Waals surface area contributed by atoms with Crippen molar-refractivity contribution in [1.82, 2.24) is 15.0 Å². The first-order chi connectivity index (χ1) is 11.3. The number of unbranched alkanes of at least 4 members (excludes halogenated alkanes) is 2. The molecule has 1 heterocycles. The van der Waals surface area contributed by atoms with Gasteiger partial charge in [0.2, 0.25) is 0 Å². The Hall–Kier alpha value is -1.84. The van der Waals surface area contributed by atoms with Crippen LogP contribution in [0.3, 0.4) is 0 Å². The van der Waals surface area contributed by atoms with Gasteiger partial charge in [0.15, 0.2) is 0 Å². The van der Waals surface area contributed by atoms with Crippen molar-refractivity contribution in [3.05, 3.63) is 41.7 Å². The third-order valence-corrected chi connectivity index (χ3v) is 3.44. The molecule has 4 nitrogen and oxygen atoms in total. The third kappa shape index (κ3) is 7.82. The molecule has 0 N–H and O–H groups in total. The lowest BCUT2D eigenvalue weighted by Crippen LogP contribution is -2.05. The van der Waals surface area contributed by atoms with E-state index in [4.69, 9.17) is 4.74 Å². The van der Waals surface area contributed by atoms with Crippen LogP contribution in [0.2, 0.25) is 0 Å². The number of aryl methyl sites for hydroxylation is 3. The smallest absolute Gasteiger partial charge is 0.119 e. The van der Waals surface area contributed by atoms with Crippen LogP contribution in [0.15, 0.2) is 30.5 Å². The largest absolute Gasteiger partial charge is 0.494 e. The quantitative estimate of drug-likeness (QED) is 0.623. The highest BCUT2D eigenvalue weighted by Crippen LogP contribution is 2.11. The molecule has 0 amide bonds. The van der Waals surface area contributed by atoms with Gasteiger partial charge in [-0.1, -0.05) is 56.5 Å². The SMILES string of the molecule is CC.CCCCCc1cn(CCCOc2ccc(C)cc2)nn1. The molecule has 128 valence electrons. The van der Waals surface area contributed by atoms with E-state index in [0.29, 0.717) is 6.61 Å². The van der Waals surface area contributed by atoms with Gasteiger partial charge in [-0.3, -0.25) is 4.68 Å². The number of ether oxygens (including phenoxy) is 1. The van der Waals surface area contributed by atoms with Crippen LogP contribution in [0.1, 0.15) is 57.7 Å². The average Bonchev–Trinajstić information content (AvgIpc) is 3.03. The summed E-state index contributed by atoms with van der Waals surface area (Å²) in [5.74, 6) is 0.930. The number of benzene rings is 1. The van der Waals surface area contributed by atoms with Crippen molar-refractivity contribution in [2.24, 2.45) is 0 Å². The molecule has 0 radical (unpaired) electrons. The van der Waals surface area contributed by atoms with Crippen molar-refractivity contribution < 1.29 is 4.74 Å². The zero-order valence-electron chi connectivity index (χ0n) is 15.1. The number of aromatic nitrogens is 3. The monoisotopic (exact) mass is 317 g/mol. The summed E-state index contributed by atoms with van der Waals surface area (Å²) in [5.41, 5.74) is 2.35. The lowest BCUT2D eigenvalue weighted by Gasteiger charge is -2.06. The van der Waals surface area contributed by atoms with Gasteiger partial charge in [0.05, 0.1) is 12.3 Å². The Balaban J connectivity index is 0.00000127. The van der Waals surface area contributed by atoms with Crippen LogP contribution in [0.5, 0.6) is 5.75 Å². The van der Waals surface area contributed by atoms with Gasteiger partial charge < -0.3 is 4.74 Å². The second kappa shape index (κ2) is 11.7. The van der Waals surface area contributed by atoms with E-state index in [0.717, 1.165) is 30.8 Å². The van der Waals surface area contributed by atoms with Crippen LogP contribution in [0, 0.1) is 6.92 Å². The van der Waals surface area contributed by atoms with Gasteiger partial charge in [0.1, 0.15) is 5.75 Å². The highest BCUT2D eigenvalue weighted by Gasteiger charge is 2.01. The molecule has 0 unspecified atom stereocenters. The summed E-state index contributed by atoms with van der Waals surface area (Å²) >= 11 is 0. The van der Waals surface area contributed by atoms with Crippen molar-refractivity contribution >= 4 is 0 Å². The summed E-state index contributed by atoms with van der Waals surface area (Å²) in [6.45, 7) is 9.85. The van der Waals surface area contributed by atoms with Crippen LogP contribution in [-0.4, -0.2) is 21.6 Å². The van der Waals surface area contributed by atoms with Gasteiger partial charge >= 0.3 is 0 Å². The summed E-state index contributed by atoms with van der Waals surface area (Å²) in [7, 11) is 0. The van der Waals surface area contributed by atoms with E-state index in [9.17, 15) is 0 Å². The molecule has 0 fully saturated rings. The molecule has 2 aromatic rings. The number of hydrogen-bond donors (Lipinski definition) is 0. The predicted octanol–water partition coefficient (Wildman–Crippen LogP) is 4.81. The van der Waals surface area contributed by atoms with Gasteiger partial charge in [-0.15, -0.1) is 5.10 Å². The number of nitrogens with zero attached hydrogens (tertiary/aromatic N) is 3. The van der Waals surface area contributed by atoms with Crippen LogP contribution in [0.25, 0.3) is 0 Å². The zero-order chi connectivity index (χ0) is 16.9. The Morgan fingerprint density at radius 3 is 2.48 bits per heavy atom. The van der Waals surface area contributed by atoms with E-state index in [-0.39, 0.29) is 0 Å². The molecule has 0 atom stereocenters. The van der Waals surface area contributed by atoms with Gasteiger partial charge in [-0.2, -0.15) is 0 Å². The fraction of sp³-hybridized carbons (Fsp3) is 0.579. The Labute approximate surface area is 140 Å². The molecule has 4 heteroatoms. The topological polar surface area (TPSA) is 39.9 Å². The van der Waals surface area contributed by atoms with Crippen molar-refractivity contribution in [3.63, 3.8) is 0 Å². The molecular formula is C19H31N3O. The van der Waals surface area contributed by atoms with E-state index in [1.807, 2.05) is 30.7 Å². The predicted molar refractivity (Wildman–Crippen MR) is 95.9 cm³/mol. The first-order valence-corrected chi connectivity index (χ1v) is 8.86. The van der Waals surface area contributed by atoms with Gasteiger partial charge in [0, 0.05) is 19.2 Å². The standard InChI is InChI=1S/C17H25N3O.C2H6/c1-3-4-5-7-16-14-20(19-18-16)12-6-13-21-17-10-8-15(2)9-11-17;1-2/h8-11,14H,3-7,12-13H2,1-2H3;1-2H3. The molecular weight excluding hydrogens is 286 g/mol. The van der Waals surface area contributed by atoms with E-state index in [1.165, 1.54) is 24.8 Å². The van der Waals surface area contributed by atoms with Crippen molar-refractivity contribution in [2.45, 2.75) is 66.3 Å². The van der Waals surface area contributed by atoms with Crippen molar-refractivity contribution in [1.29, 1.82) is 0 Å². The van der Waals surface area contributed by atoms with E-state index in [1.54, 1.807) is 0 Å². The summed E-state index contributed by atoms with van der Waals surface area (Å²) in [6, 6.07) is 8.15. The van der Waals surface area contributed by atoms with Crippen LogP contribution >= 0.6 is 0 Å². The molecule has 1 aromatic heterocycles. The zero-order valence-corrected chi connectivity index (χ0v) is 15.1. The molecule has 1 aromatic carbocycles. The summed E-state index contributed by atoms with van der Waals surface area (Å²) in [4.78, 5) is 0. The highest BCUT2D eigenvalue weighted by atomic mass is 16.5. The molecule has 0 bridgehead atoms. The Kier molecular flexibility index (Phi) is 9.76. The van der Waals surface area contributed by atoms with Gasteiger partial charge in [0.25, 0.3) is 0 Å². The van der Waals surface area contributed by atoms with E-state index < -0.39 is 0 Å². The molecule has 0 spiro atoms. The Bertz CT molecular complexity index is 520. The molecule has 0 aliphatic heterocycles. The normalized spacial score (nSPS) is 10.1. The summed E-state index contributed by atoms with van der Waals surface area (Å²) in [5, 5.41) is 8.37. The first-order valence-electron chi connectivity index (χ1n) is 8.86. The molecule has 0 saturated carbocycles. The maximum Gasteiger partial charge on any atom is 0.119 e. The van der Waals surface area contributed by atoms with Crippen molar-refractivity contribution in [2.75, 3.05) is 6.61 Å². The van der Waals surface area contributed by atoms with Crippen LogP contribution in [0.4, 0.5) is 0 Å². The fourth-order valence-electron chi connectivity index (χ4n) is 2.17. The molecule has 0 saturated heterocycles. The van der Waals surface area contributed by atoms with Gasteiger partial charge in [-0.05, 0) is 31.9 Å². The Morgan fingerprint density at radius 2 is 1.78 bits per heavy atom. The average molecular weight is 317 g/mol. The van der Waals surface area contributed by atoms with Crippen LogP contribution < -0.4 is 4.74 Å². The lowest BCUT2D eigenvalue weighted by molar-refractivity contribution is 0.298. The number of hydrogen-bond acceptors (Lipinski definition) is 3. The van der Waals surface area contributed by atoms with Crippen molar-refractivity contribution in [3.8, 4) is 5.75 Å².